The van der Waals surface area contributed by atoms with Crippen LogP contribution in [0.25, 0.3) is 0 Å². The Morgan fingerprint density at radius 1 is 1.04 bits per heavy atom. The minimum atomic E-state index is -0.0243. The van der Waals surface area contributed by atoms with Crippen LogP contribution in [0, 0.1) is 6.92 Å². The van der Waals surface area contributed by atoms with Crippen LogP contribution in [0.3, 0.4) is 0 Å². The quantitative estimate of drug-likeness (QED) is 0.757. The van der Waals surface area contributed by atoms with Gasteiger partial charge in [-0.15, -0.1) is 0 Å². The number of aliphatic hydroxyl groups is 1. The highest BCUT2D eigenvalue weighted by Crippen LogP contribution is 2.28. The summed E-state index contributed by atoms with van der Waals surface area (Å²) in [5.41, 5.74) is 2.34. The molecule has 1 amide bonds. The van der Waals surface area contributed by atoms with Crippen LogP contribution < -0.4 is 0 Å². The first kappa shape index (κ1) is 24.1. The third-order valence-corrected chi connectivity index (χ3v) is 4.49. The third kappa shape index (κ3) is 7.98. The Bertz CT molecular complexity index is 715. The molecule has 1 saturated heterocycles. The maximum atomic E-state index is 11.5. The van der Waals surface area contributed by atoms with Gasteiger partial charge in [-0.05, 0) is 43.8 Å². The number of carbonyl (C=O) groups is 2. The molecule has 28 heavy (non-hydrogen) atoms. The molecule has 2 aromatic rings. The Morgan fingerprint density at radius 3 is 1.86 bits per heavy atom. The van der Waals surface area contributed by atoms with E-state index in [1.807, 2.05) is 74.4 Å². The van der Waals surface area contributed by atoms with Crippen molar-refractivity contribution in [1.82, 2.24) is 9.80 Å². The SMILES string of the molecule is CN1CC(=O)N(C)C1c1ccc(Cl)cc1.Cc1ccc(Cl)cc1.O=CCCO. The van der Waals surface area contributed by atoms with Gasteiger partial charge in [-0.1, -0.05) is 53.0 Å². The Morgan fingerprint density at radius 2 is 1.54 bits per heavy atom. The van der Waals surface area contributed by atoms with Gasteiger partial charge in [0.1, 0.15) is 12.5 Å². The molecule has 0 saturated carbocycles. The van der Waals surface area contributed by atoms with Gasteiger partial charge < -0.3 is 14.8 Å². The number of rotatable bonds is 3. The van der Waals surface area contributed by atoms with E-state index >= 15 is 0 Å². The van der Waals surface area contributed by atoms with Gasteiger partial charge in [0, 0.05) is 30.1 Å². The number of amides is 1. The summed E-state index contributed by atoms with van der Waals surface area (Å²) in [6.45, 7) is 2.49. The lowest BCUT2D eigenvalue weighted by molar-refractivity contribution is -0.126. The van der Waals surface area contributed by atoms with Gasteiger partial charge in [0.2, 0.25) is 5.91 Å². The van der Waals surface area contributed by atoms with E-state index in [4.69, 9.17) is 28.3 Å². The number of aryl methyl sites for hydroxylation is 1. The number of nitrogens with zero attached hydrogens (tertiary/aromatic N) is 2. The summed E-state index contributed by atoms with van der Waals surface area (Å²) in [7, 11) is 3.77. The molecule has 0 radical (unpaired) electrons. The van der Waals surface area contributed by atoms with Gasteiger partial charge in [0.15, 0.2) is 0 Å². The zero-order valence-electron chi connectivity index (χ0n) is 16.3. The number of benzene rings is 2. The van der Waals surface area contributed by atoms with Gasteiger partial charge in [0.25, 0.3) is 0 Å². The summed E-state index contributed by atoms with van der Waals surface area (Å²) >= 11 is 11.4. The largest absolute Gasteiger partial charge is 0.396 e. The van der Waals surface area contributed by atoms with E-state index in [-0.39, 0.29) is 25.1 Å². The molecule has 0 aliphatic carbocycles. The van der Waals surface area contributed by atoms with Crippen molar-refractivity contribution in [1.29, 1.82) is 0 Å². The molecule has 1 unspecified atom stereocenters. The minimum absolute atomic E-state index is 0.0243. The second-order valence-electron chi connectivity index (χ2n) is 6.32. The number of halogens is 2. The zero-order chi connectivity index (χ0) is 21.1. The second-order valence-corrected chi connectivity index (χ2v) is 7.19. The number of hydrogen-bond donors (Lipinski definition) is 1. The maximum absolute atomic E-state index is 11.5. The third-order valence-electron chi connectivity index (χ3n) is 3.99. The van der Waals surface area contributed by atoms with Crippen molar-refractivity contribution in [3.05, 3.63) is 69.7 Å². The predicted octanol–water partition coefficient (Wildman–Crippen LogP) is 3.96. The molecule has 1 aliphatic heterocycles. The van der Waals surface area contributed by atoms with Gasteiger partial charge in [-0.3, -0.25) is 9.69 Å². The van der Waals surface area contributed by atoms with Gasteiger partial charge in [-0.25, -0.2) is 0 Å². The first-order valence-electron chi connectivity index (χ1n) is 8.78. The molecule has 152 valence electrons. The zero-order valence-corrected chi connectivity index (χ0v) is 17.8. The molecule has 1 N–H and O–H groups in total. The maximum Gasteiger partial charge on any atom is 0.238 e. The molecule has 1 heterocycles. The van der Waals surface area contributed by atoms with Crippen molar-refractivity contribution >= 4 is 35.4 Å². The summed E-state index contributed by atoms with van der Waals surface area (Å²) in [6.07, 6.45) is 0.981. The van der Waals surface area contributed by atoms with Crippen molar-refractivity contribution in [2.24, 2.45) is 0 Å². The van der Waals surface area contributed by atoms with E-state index in [0.29, 0.717) is 17.9 Å². The lowest BCUT2D eigenvalue weighted by Gasteiger charge is -2.24. The van der Waals surface area contributed by atoms with Crippen LogP contribution >= 0.6 is 23.2 Å². The van der Waals surface area contributed by atoms with Crippen molar-refractivity contribution in [2.45, 2.75) is 19.5 Å². The van der Waals surface area contributed by atoms with Crippen molar-refractivity contribution in [3.63, 3.8) is 0 Å². The van der Waals surface area contributed by atoms with Gasteiger partial charge in [0.05, 0.1) is 6.54 Å². The number of likely N-dealkylation sites (N-methyl/N-ethyl adjacent to an activating group) is 2. The lowest BCUT2D eigenvalue weighted by atomic mass is 10.1. The fourth-order valence-corrected chi connectivity index (χ4v) is 2.79. The Hall–Kier alpha value is -1.92. The first-order valence-corrected chi connectivity index (χ1v) is 9.53. The molecular weight excluding hydrogens is 399 g/mol. The fraction of sp³-hybridized carbons (Fsp3) is 0.333. The molecule has 7 heteroatoms. The number of aliphatic hydroxyl groups excluding tert-OH is 1. The molecule has 0 spiro atoms. The van der Waals surface area contributed by atoms with Crippen LogP contribution in [-0.4, -0.2) is 54.3 Å². The van der Waals surface area contributed by atoms with E-state index in [0.717, 1.165) is 10.6 Å². The molecule has 1 atom stereocenters. The van der Waals surface area contributed by atoms with Gasteiger partial charge >= 0.3 is 0 Å². The van der Waals surface area contributed by atoms with Crippen LogP contribution in [0.15, 0.2) is 48.5 Å². The normalized spacial score (nSPS) is 16.0. The number of hydrogen-bond acceptors (Lipinski definition) is 4. The average molecular weight is 425 g/mol. The standard InChI is InChI=1S/C11H13ClN2O.C7H7Cl.C3H6O2/c1-13-7-10(15)14(2)11(13)8-3-5-9(12)6-4-8;1-6-2-4-7(8)5-3-6;4-2-1-3-5/h3-6,11H,7H2,1-2H3;2-5H,1H3;2,5H,1,3H2. The summed E-state index contributed by atoms with van der Waals surface area (Å²) < 4.78 is 0. The fourth-order valence-electron chi connectivity index (χ4n) is 2.54. The smallest absolute Gasteiger partial charge is 0.238 e. The predicted molar refractivity (Wildman–Crippen MR) is 114 cm³/mol. The molecule has 0 aromatic heterocycles. The number of aldehydes is 1. The van der Waals surface area contributed by atoms with Gasteiger partial charge in [-0.2, -0.15) is 0 Å². The Kier molecular flexibility index (Phi) is 10.8. The lowest BCUT2D eigenvalue weighted by Crippen LogP contribution is -2.26. The molecular formula is C21H26Cl2N2O3. The van der Waals surface area contributed by atoms with Crippen LogP contribution in [0.5, 0.6) is 0 Å². The molecule has 1 fully saturated rings. The second kappa shape index (κ2) is 12.5. The van der Waals surface area contributed by atoms with E-state index in [1.165, 1.54) is 5.56 Å². The first-order chi connectivity index (χ1) is 13.3. The van der Waals surface area contributed by atoms with Crippen molar-refractivity contribution < 1.29 is 14.7 Å². The van der Waals surface area contributed by atoms with E-state index < -0.39 is 0 Å². The molecule has 3 rings (SSSR count). The molecule has 5 nitrogen and oxygen atoms in total. The average Bonchev–Trinajstić information content (AvgIpc) is 2.92. The highest BCUT2D eigenvalue weighted by Gasteiger charge is 2.33. The van der Waals surface area contributed by atoms with Crippen molar-refractivity contribution in [3.8, 4) is 0 Å². The highest BCUT2D eigenvalue weighted by atomic mass is 35.5. The van der Waals surface area contributed by atoms with Crippen LogP contribution in [-0.2, 0) is 9.59 Å². The minimum Gasteiger partial charge on any atom is -0.396 e. The van der Waals surface area contributed by atoms with E-state index in [9.17, 15) is 9.59 Å². The summed E-state index contributed by atoms with van der Waals surface area (Å²) in [5.74, 6) is 0.150. The molecule has 1 aliphatic rings. The topological polar surface area (TPSA) is 60.9 Å². The highest BCUT2D eigenvalue weighted by molar-refractivity contribution is 6.30. The van der Waals surface area contributed by atoms with E-state index in [2.05, 4.69) is 0 Å². The Labute approximate surface area is 176 Å². The monoisotopic (exact) mass is 424 g/mol. The molecule has 2 aromatic carbocycles. The van der Waals surface area contributed by atoms with Crippen LogP contribution in [0.1, 0.15) is 23.7 Å². The summed E-state index contributed by atoms with van der Waals surface area (Å²) in [6, 6.07) is 15.4. The van der Waals surface area contributed by atoms with Crippen LogP contribution in [0.2, 0.25) is 10.0 Å². The number of carbonyl (C=O) groups excluding carboxylic acids is 2. The molecule has 0 bridgehead atoms. The van der Waals surface area contributed by atoms with Crippen molar-refractivity contribution in [2.75, 3.05) is 27.2 Å². The van der Waals surface area contributed by atoms with Crippen LogP contribution in [0.4, 0.5) is 0 Å². The van der Waals surface area contributed by atoms with E-state index in [1.54, 1.807) is 4.90 Å². The Balaban J connectivity index is 0.000000253. The summed E-state index contributed by atoms with van der Waals surface area (Å²) in [5, 5.41) is 9.35. The summed E-state index contributed by atoms with van der Waals surface area (Å²) in [4.78, 5) is 24.5.